The number of amides is 1. The highest BCUT2D eigenvalue weighted by molar-refractivity contribution is 5.81. The second-order valence-electron chi connectivity index (χ2n) is 6.16. The Morgan fingerprint density at radius 1 is 1.17 bits per heavy atom. The molecule has 2 N–H and O–H groups in total. The van der Waals surface area contributed by atoms with Gasteiger partial charge in [0.25, 0.3) is 0 Å². The number of carbonyl (C=O) groups is 1. The summed E-state index contributed by atoms with van der Waals surface area (Å²) in [6.45, 7) is 5.26. The minimum atomic E-state index is -4.31. The van der Waals surface area contributed by atoms with Gasteiger partial charge in [0, 0.05) is 32.7 Å². The highest BCUT2D eigenvalue weighted by atomic mass is 19.4. The average molecular weight is 343 g/mol. The van der Waals surface area contributed by atoms with Crippen LogP contribution in [0, 0.1) is 0 Å². The first-order valence-corrected chi connectivity index (χ1v) is 8.24. The molecule has 0 aromatic heterocycles. The van der Waals surface area contributed by atoms with Crippen LogP contribution in [-0.4, -0.2) is 47.9 Å². The molecule has 1 amide bonds. The number of nitrogens with two attached hydrogens (primary N) is 1. The molecule has 1 aromatic rings. The van der Waals surface area contributed by atoms with E-state index >= 15 is 0 Å². The average Bonchev–Trinajstić information content (AvgIpc) is 2.78. The predicted octanol–water partition coefficient (Wildman–Crippen LogP) is 2.48. The van der Waals surface area contributed by atoms with Gasteiger partial charge in [-0.1, -0.05) is 19.1 Å². The van der Waals surface area contributed by atoms with Crippen LogP contribution < -0.4 is 5.73 Å². The van der Waals surface area contributed by atoms with Crippen LogP contribution in [0.2, 0.25) is 0 Å². The standard InChI is InChI=1S/C17H24F3N3O/c1-2-15(21)16(24)23-9-3-8-22(10-11-23)12-13-4-6-14(7-5-13)17(18,19)20/h4-7,15H,2-3,8-12,21H2,1H3/t15-/m0/s1. The van der Waals surface area contributed by atoms with Crippen molar-refractivity contribution >= 4 is 5.91 Å². The van der Waals surface area contributed by atoms with E-state index < -0.39 is 17.8 Å². The Labute approximate surface area is 140 Å². The number of nitrogens with zero attached hydrogens (tertiary/aromatic N) is 2. The summed E-state index contributed by atoms with van der Waals surface area (Å²) in [6, 6.07) is 4.81. The van der Waals surface area contributed by atoms with Gasteiger partial charge in [-0.25, -0.2) is 0 Å². The quantitative estimate of drug-likeness (QED) is 0.914. The van der Waals surface area contributed by atoms with Crippen molar-refractivity contribution in [2.45, 2.75) is 38.5 Å². The molecule has 0 radical (unpaired) electrons. The number of benzene rings is 1. The molecule has 0 saturated carbocycles. The molecule has 1 fully saturated rings. The molecule has 7 heteroatoms. The fourth-order valence-electron chi connectivity index (χ4n) is 2.82. The van der Waals surface area contributed by atoms with Gasteiger partial charge in [-0.05, 0) is 30.5 Å². The molecule has 1 saturated heterocycles. The van der Waals surface area contributed by atoms with Gasteiger partial charge in [0.1, 0.15) is 0 Å². The van der Waals surface area contributed by atoms with Crippen LogP contribution in [0.15, 0.2) is 24.3 Å². The molecule has 1 aliphatic rings. The second kappa shape index (κ2) is 7.98. The summed E-state index contributed by atoms with van der Waals surface area (Å²) >= 11 is 0. The summed E-state index contributed by atoms with van der Waals surface area (Å²) in [5, 5.41) is 0. The summed E-state index contributed by atoms with van der Waals surface area (Å²) in [4.78, 5) is 16.1. The third-order valence-electron chi connectivity index (χ3n) is 4.34. The maximum atomic E-state index is 12.6. The number of carbonyl (C=O) groups excluding carboxylic acids is 1. The molecule has 4 nitrogen and oxygen atoms in total. The van der Waals surface area contributed by atoms with Gasteiger partial charge in [0.05, 0.1) is 11.6 Å². The number of rotatable bonds is 4. The Morgan fingerprint density at radius 2 is 1.83 bits per heavy atom. The van der Waals surface area contributed by atoms with E-state index in [0.717, 1.165) is 30.7 Å². The van der Waals surface area contributed by atoms with Crippen molar-refractivity contribution in [2.75, 3.05) is 26.2 Å². The van der Waals surface area contributed by atoms with Crippen molar-refractivity contribution in [1.82, 2.24) is 9.80 Å². The van der Waals surface area contributed by atoms with E-state index in [2.05, 4.69) is 4.90 Å². The molecule has 1 aliphatic heterocycles. The van der Waals surface area contributed by atoms with E-state index in [4.69, 9.17) is 5.73 Å². The zero-order chi connectivity index (χ0) is 17.7. The first kappa shape index (κ1) is 18.7. The SMILES string of the molecule is CC[C@H](N)C(=O)N1CCCN(Cc2ccc(C(F)(F)F)cc2)CC1. The van der Waals surface area contributed by atoms with Crippen LogP contribution >= 0.6 is 0 Å². The van der Waals surface area contributed by atoms with Crippen molar-refractivity contribution in [1.29, 1.82) is 0 Å². The van der Waals surface area contributed by atoms with Crippen molar-refractivity contribution < 1.29 is 18.0 Å². The molecular weight excluding hydrogens is 319 g/mol. The molecule has 1 aromatic carbocycles. The number of hydrogen-bond donors (Lipinski definition) is 1. The molecule has 0 spiro atoms. The molecule has 134 valence electrons. The van der Waals surface area contributed by atoms with Crippen LogP contribution in [0.25, 0.3) is 0 Å². The summed E-state index contributed by atoms with van der Waals surface area (Å²) in [5.74, 6) is -0.0196. The van der Waals surface area contributed by atoms with E-state index in [0.29, 0.717) is 32.6 Å². The summed E-state index contributed by atoms with van der Waals surface area (Å²) in [6.07, 6.45) is -2.85. The van der Waals surface area contributed by atoms with Gasteiger partial charge < -0.3 is 10.6 Å². The summed E-state index contributed by atoms with van der Waals surface area (Å²) in [7, 11) is 0. The molecule has 2 rings (SSSR count). The lowest BCUT2D eigenvalue weighted by atomic mass is 10.1. The van der Waals surface area contributed by atoms with Crippen LogP contribution in [0.4, 0.5) is 13.2 Å². The number of halogens is 3. The fraction of sp³-hybridized carbons (Fsp3) is 0.588. The number of hydrogen-bond acceptors (Lipinski definition) is 3. The fourth-order valence-corrected chi connectivity index (χ4v) is 2.82. The van der Waals surface area contributed by atoms with E-state index in [9.17, 15) is 18.0 Å². The highest BCUT2D eigenvalue weighted by Crippen LogP contribution is 2.29. The van der Waals surface area contributed by atoms with Crippen LogP contribution in [0.1, 0.15) is 30.9 Å². The van der Waals surface area contributed by atoms with E-state index in [1.54, 1.807) is 4.90 Å². The second-order valence-corrected chi connectivity index (χ2v) is 6.16. The Balaban J connectivity index is 1.91. The summed E-state index contributed by atoms with van der Waals surface area (Å²) < 4.78 is 37.8. The minimum Gasteiger partial charge on any atom is -0.340 e. The Kier molecular flexibility index (Phi) is 6.23. The highest BCUT2D eigenvalue weighted by Gasteiger charge is 2.30. The maximum Gasteiger partial charge on any atom is 0.416 e. The topological polar surface area (TPSA) is 49.6 Å². The monoisotopic (exact) mass is 343 g/mol. The third kappa shape index (κ3) is 4.95. The first-order chi connectivity index (χ1) is 11.3. The largest absolute Gasteiger partial charge is 0.416 e. The predicted molar refractivity (Wildman–Crippen MR) is 86.2 cm³/mol. The minimum absolute atomic E-state index is 0.0196. The molecule has 1 atom stereocenters. The molecule has 0 bridgehead atoms. The lowest BCUT2D eigenvalue weighted by Gasteiger charge is -2.24. The van der Waals surface area contributed by atoms with Gasteiger partial charge in [-0.15, -0.1) is 0 Å². The van der Waals surface area contributed by atoms with Crippen molar-refractivity contribution in [2.24, 2.45) is 5.73 Å². The van der Waals surface area contributed by atoms with Gasteiger partial charge in [-0.3, -0.25) is 9.69 Å². The van der Waals surface area contributed by atoms with Crippen LogP contribution in [-0.2, 0) is 17.5 Å². The zero-order valence-electron chi connectivity index (χ0n) is 13.9. The maximum absolute atomic E-state index is 12.6. The van der Waals surface area contributed by atoms with Crippen molar-refractivity contribution in [3.05, 3.63) is 35.4 Å². The first-order valence-electron chi connectivity index (χ1n) is 8.24. The van der Waals surface area contributed by atoms with E-state index in [1.165, 1.54) is 12.1 Å². The molecule has 24 heavy (non-hydrogen) atoms. The molecule has 1 heterocycles. The normalized spacial score (nSPS) is 18.3. The van der Waals surface area contributed by atoms with Gasteiger partial charge >= 0.3 is 6.18 Å². The Hall–Kier alpha value is -1.60. The molecule has 0 aliphatic carbocycles. The zero-order valence-corrected chi connectivity index (χ0v) is 13.9. The third-order valence-corrected chi connectivity index (χ3v) is 4.34. The van der Waals surface area contributed by atoms with Gasteiger partial charge in [-0.2, -0.15) is 13.2 Å². The Bertz CT molecular complexity index is 545. The smallest absolute Gasteiger partial charge is 0.340 e. The molecular formula is C17H24F3N3O. The van der Waals surface area contributed by atoms with Crippen molar-refractivity contribution in [3.8, 4) is 0 Å². The van der Waals surface area contributed by atoms with E-state index in [1.807, 2.05) is 6.92 Å². The van der Waals surface area contributed by atoms with Crippen molar-refractivity contribution in [3.63, 3.8) is 0 Å². The van der Waals surface area contributed by atoms with Gasteiger partial charge in [0.2, 0.25) is 5.91 Å². The number of alkyl halides is 3. The van der Waals surface area contributed by atoms with E-state index in [-0.39, 0.29) is 5.91 Å². The lowest BCUT2D eigenvalue weighted by Crippen LogP contribution is -2.44. The lowest BCUT2D eigenvalue weighted by molar-refractivity contribution is -0.137. The molecule has 0 unspecified atom stereocenters. The van der Waals surface area contributed by atoms with Crippen LogP contribution in [0.5, 0.6) is 0 Å². The Morgan fingerprint density at radius 3 is 2.42 bits per heavy atom. The van der Waals surface area contributed by atoms with Gasteiger partial charge in [0.15, 0.2) is 0 Å². The van der Waals surface area contributed by atoms with Crippen LogP contribution in [0.3, 0.4) is 0 Å². The summed E-state index contributed by atoms with van der Waals surface area (Å²) in [5.41, 5.74) is 6.02.